The number of nitrogens with zero attached hydrogens (tertiary/aromatic N) is 1. The van der Waals surface area contributed by atoms with Crippen molar-refractivity contribution < 1.29 is 14.3 Å². The van der Waals surface area contributed by atoms with Gasteiger partial charge in [-0.3, -0.25) is 4.79 Å². The van der Waals surface area contributed by atoms with Crippen molar-refractivity contribution in [2.75, 3.05) is 27.3 Å². The molecule has 5 nitrogen and oxygen atoms in total. The zero-order valence-corrected chi connectivity index (χ0v) is 13.8. The minimum absolute atomic E-state index is 0.0983. The average molecular weight is 314 g/mol. The van der Waals surface area contributed by atoms with E-state index in [1.807, 2.05) is 42.3 Å². The van der Waals surface area contributed by atoms with E-state index < -0.39 is 0 Å². The standard InChI is InChI=1S/C18H22N2O3/c1-12-17(4-6-19-12)18(21)20-7-5-13(11-20)14-8-15(22-2)10-16(9-14)23-3/h4,6,8-10,13,19H,5,7,11H2,1-3H3/t13-/m0/s1. The van der Waals surface area contributed by atoms with E-state index in [2.05, 4.69) is 4.98 Å². The molecule has 1 aliphatic heterocycles. The molecule has 5 heteroatoms. The number of methoxy groups -OCH3 is 2. The number of benzene rings is 1. The number of nitrogens with one attached hydrogen (secondary N) is 1. The molecule has 23 heavy (non-hydrogen) atoms. The van der Waals surface area contributed by atoms with Crippen LogP contribution in [0.25, 0.3) is 0 Å². The van der Waals surface area contributed by atoms with Crippen molar-refractivity contribution in [1.29, 1.82) is 0 Å². The van der Waals surface area contributed by atoms with Gasteiger partial charge in [0.1, 0.15) is 11.5 Å². The van der Waals surface area contributed by atoms with Gasteiger partial charge in [-0.1, -0.05) is 0 Å². The third kappa shape index (κ3) is 3.04. The molecule has 1 atom stereocenters. The number of aromatic nitrogens is 1. The summed E-state index contributed by atoms with van der Waals surface area (Å²) in [6.07, 6.45) is 2.76. The Hall–Kier alpha value is -2.43. The SMILES string of the molecule is COc1cc(OC)cc([C@H]2CCN(C(=O)c3cc[nH]c3C)C2)c1. The van der Waals surface area contributed by atoms with Crippen molar-refractivity contribution in [1.82, 2.24) is 9.88 Å². The summed E-state index contributed by atoms with van der Waals surface area (Å²) in [5, 5.41) is 0. The number of hydrogen-bond donors (Lipinski definition) is 1. The molecule has 3 rings (SSSR count). The second-order valence-corrected chi connectivity index (χ2v) is 5.90. The van der Waals surface area contributed by atoms with Crippen LogP contribution in [0.3, 0.4) is 0 Å². The lowest BCUT2D eigenvalue weighted by Crippen LogP contribution is -2.28. The quantitative estimate of drug-likeness (QED) is 0.944. The maximum atomic E-state index is 12.6. The number of amides is 1. The van der Waals surface area contributed by atoms with Gasteiger partial charge in [-0.15, -0.1) is 0 Å². The summed E-state index contributed by atoms with van der Waals surface area (Å²) < 4.78 is 10.7. The van der Waals surface area contributed by atoms with Crippen molar-refractivity contribution in [3.05, 3.63) is 47.3 Å². The maximum Gasteiger partial charge on any atom is 0.255 e. The maximum absolute atomic E-state index is 12.6. The lowest BCUT2D eigenvalue weighted by atomic mass is 9.98. The van der Waals surface area contributed by atoms with Crippen LogP contribution in [0, 0.1) is 6.92 Å². The van der Waals surface area contributed by atoms with Gasteiger partial charge >= 0.3 is 0 Å². The van der Waals surface area contributed by atoms with E-state index in [9.17, 15) is 4.79 Å². The zero-order chi connectivity index (χ0) is 16.4. The van der Waals surface area contributed by atoms with E-state index in [4.69, 9.17) is 9.47 Å². The molecule has 0 saturated carbocycles. The Labute approximate surface area is 136 Å². The van der Waals surface area contributed by atoms with Crippen molar-refractivity contribution in [2.24, 2.45) is 0 Å². The molecule has 122 valence electrons. The van der Waals surface area contributed by atoms with E-state index >= 15 is 0 Å². The topological polar surface area (TPSA) is 54.6 Å². The van der Waals surface area contributed by atoms with Gasteiger partial charge in [-0.25, -0.2) is 0 Å². The molecule has 1 aromatic heterocycles. The van der Waals surface area contributed by atoms with Gasteiger partial charge in [0.05, 0.1) is 19.8 Å². The molecule has 0 radical (unpaired) electrons. The predicted octanol–water partition coefficient (Wildman–Crippen LogP) is 2.97. The molecular formula is C18H22N2O3. The molecule has 0 aliphatic carbocycles. The minimum Gasteiger partial charge on any atom is -0.497 e. The van der Waals surface area contributed by atoms with E-state index in [1.165, 1.54) is 0 Å². The van der Waals surface area contributed by atoms with Crippen molar-refractivity contribution >= 4 is 5.91 Å². The summed E-state index contributed by atoms with van der Waals surface area (Å²) in [5.41, 5.74) is 2.83. The molecule has 1 N–H and O–H groups in total. The number of aromatic amines is 1. The van der Waals surface area contributed by atoms with Crippen molar-refractivity contribution in [3.63, 3.8) is 0 Å². The summed E-state index contributed by atoms with van der Waals surface area (Å²) in [7, 11) is 3.30. The second kappa shape index (κ2) is 6.36. The smallest absolute Gasteiger partial charge is 0.255 e. The molecule has 1 fully saturated rings. The molecule has 1 aromatic carbocycles. The van der Waals surface area contributed by atoms with Gasteiger partial charge in [0.25, 0.3) is 5.91 Å². The van der Waals surface area contributed by atoms with Crippen molar-refractivity contribution in [2.45, 2.75) is 19.3 Å². The lowest BCUT2D eigenvalue weighted by molar-refractivity contribution is 0.0790. The highest BCUT2D eigenvalue weighted by molar-refractivity contribution is 5.95. The van der Waals surface area contributed by atoms with E-state index in [-0.39, 0.29) is 5.91 Å². The van der Waals surface area contributed by atoms with E-state index in [1.54, 1.807) is 14.2 Å². The van der Waals surface area contributed by atoms with Crippen LogP contribution in [0.15, 0.2) is 30.5 Å². The highest BCUT2D eigenvalue weighted by atomic mass is 16.5. The number of carbonyl (C=O) groups is 1. The highest BCUT2D eigenvalue weighted by Gasteiger charge is 2.29. The van der Waals surface area contributed by atoms with Crippen LogP contribution in [0.5, 0.6) is 11.5 Å². The van der Waals surface area contributed by atoms with Gasteiger partial charge in [0.15, 0.2) is 0 Å². The Morgan fingerprint density at radius 1 is 1.22 bits per heavy atom. The second-order valence-electron chi connectivity index (χ2n) is 5.90. The molecule has 1 saturated heterocycles. The van der Waals surface area contributed by atoms with Crippen LogP contribution in [-0.4, -0.2) is 43.1 Å². The Kier molecular flexibility index (Phi) is 4.28. The van der Waals surface area contributed by atoms with Crippen LogP contribution < -0.4 is 9.47 Å². The third-order valence-electron chi connectivity index (χ3n) is 4.50. The van der Waals surface area contributed by atoms with Crippen LogP contribution in [-0.2, 0) is 0 Å². The summed E-state index contributed by atoms with van der Waals surface area (Å²) in [4.78, 5) is 17.6. The fraction of sp³-hybridized carbons (Fsp3) is 0.389. The number of carbonyl (C=O) groups excluding carboxylic acids is 1. The monoisotopic (exact) mass is 314 g/mol. The average Bonchev–Trinajstić information content (AvgIpc) is 3.22. The first-order chi connectivity index (χ1) is 11.1. The summed E-state index contributed by atoms with van der Waals surface area (Å²) in [6, 6.07) is 7.77. The third-order valence-corrected chi connectivity index (χ3v) is 4.50. The van der Waals surface area contributed by atoms with Crippen LogP contribution in [0.2, 0.25) is 0 Å². The van der Waals surface area contributed by atoms with Crippen LogP contribution in [0.4, 0.5) is 0 Å². The number of ether oxygens (including phenoxy) is 2. The van der Waals surface area contributed by atoms with Gasteiger partial charge in [-0.2, -0.15) is 0 Å². The molecule has 2 heterocycles. The molecule has 1 amide bonds. The number of H-pyrrole nitrogens is 1. The fourth-order valence-corrected chi connectivity index (χ4v) is 3.14. The number of aryl methyl sites for hydroxylation is 1. The van der Waals surface area contributed by atoms with E-state index in [0.717, 1.165) is 47.8 Å². The largest absolute Gasteiger partial charge is 0.497 e. The zero-order valence-electron chi connectivity index (χ0n) is 13.8. The van der Waals surface area contributed by atoms with Gasteiger partial charge in [-0.05, 0) is 37.1 Å². The first kappa shape index (κ1) is 15.5. The normalized spacial score (nSPS) is 17.3. The van der Waals surface area contributed by atoms with Crippen LogP contribution in [0.1, 0.15) is 34.0 Å². The highest BCUT2D eigenvalue weighted by Crippen LogP contribution is 2.33. The molecule has 0 spiro atoms. The van der Waals surface area contributed by atoms with Gasteiger partial charge < -0.3 is 19.4 Å². The molecular weight excluding hydrogens is 292 g/mol. The van der Waals surface area contributed by atoms with Crippen molar-refractivity contribution in [3.8, 4) is 11.5 Å². The Morgan fingerprint density at radius 2 is 1.91 bits per heavy atom. The molecule has 0 bridgehead atoms. The Morgan fingerprint density at radius 3 is 2.48 bits per heavy atom. The molecule has 0 unspecified atom stereocenters. The first-order valence-corrected chi connectivity index (χ1v) is 7.78. The summed E-state index contributed by atoms with van der Waals surface area (Å²) in [6.45, 7) is 3.42. The number of likely N-dealkylation sites (tertiary alicyclic amines) is 1. The predicted molar refractivity (Wildman–Crippen MR) is 88.3 cm³/mol. The molecule has 2 aromatic rings. The Balaban J connectivity index is 1.77. The minimum atomic E-state index is 0.0983. The fourth-order valence-electron chi connectivity index (χ4n) is 3.14. The molecule has 1 aliphatic rings. The van der Waals surface area contributed by atoms with E-state index in [0.29, 0.717) is 5.92 Å². The van der Waals surface area contributed by atoms with Crippen LogP contribution >= 0.6 is 0 Å². The van der Waals surface area contributed by atoms with Gasteiger partial charge in [0.2, 0.25) is 0 Å². The van der Waals surface area contributed by atoms with Gasteiger partial charge in [0, 0.05) is 37.0 Å². The summed E-state index contributed by atoms with van der Waals surface area (Å²) in [5.74, 6) is 1.97. The Bertz CT molecular complexity index is 686. The summed E-state index contributed by atoms with van der Waals surface area (Å²) >= 11 is 0. The first-order valence-electron chi connectivity index (χ1n) is 7.78. The number of hydrogen-bond acceptors (Lipinski definition) is 3. The number of rotatable bonds is 4. The lowest BCUT2D eigenvalue weighted by Gasteiger charge is -2.17.